The fourth-order valence-corrected chi connectivity index (χ4v) is 2.84. The highest BCUT2D eigenvalue weighted by molar-refractivity contribution is 6.08. The molecule has 2 aromatic rings. The van der Waals surface area contributed by atoms with E-state index in [2.05, 4.69) is 15.6 Å². The maximum absolute atomic E-state index is 12.5. The first-order valence-corrected chi connectivity index (χ1v) is 7.39. The van der Waals surface area contributed by atoms with Crippen LogP contribution >= 0.6 is 0 Å². The highest BCUT2D eigenvalue weighted by atomic mass is 16.1. The van der Waals surface area contributed by atoms with Crippen molar-refractivity contribution >= 4 is 5.78 Å². The molecule has 3 rings (SSSR count). The topological polar surface area (TPSA) is 59.8 Å². The summed E-state index contributed by atoms with van der Waals surface area (Å²) in [6.07, 6.45) is 3.85. The highest BCUT2D eigenvalue weighted by Crippen LogP contribution is 2.19. The van der Waals surface area contributed by atoms with Gasteiger partial charge in [0.05, 0.1) is 12.2 Å². The van der Waals surface area contributed by atoms with E-state index < -0.39 is 0 Å². The van der Waals surface area contributed by atoms with E-state index in [9.17, 15) is 4.79 Å². The lowest BCUT2D eigenvalue weighted by Gasteiger charge is -2.22. The second-order valence-corrected chi connectivity index (χ2v) is 5.71. The molecule has 1 aliphatic rings. The summed E-state index contributed by atoms with van der Waals surface area (Å²) in [5.41, 5.74) is 3.28. The number of nitrogens with one attached hydrogen (secondary N) is 1. The van der Waals surface area contributed by atoms with Gasteiger partial charge in [0, 0.05) is 5.56 Å². The van der Waals surface area contributed by atoms with Gasteiger partial charge < -0.3 is 5.32 Å². The fraction of sp³-hybridized carbons (Fsp3) is 0.438. The van der Waals surface area contributed by atoms with E-state index in [0.717, 1.165) is 37.1 Å². The molecule has 2 heterocycles. The lowest BCUT2D eigenvalue weighted by Crippen LogP contribution is -2.29. The minimum Gasteiger partial charge on any atom is -0.317 e. The van der Waals surface area contributed by atoms with Crippen molar-refractivity contribution < 1.29 is 4.79 Å². The van der Waals surface area contributed by atoms with Crippen LogP contribution in [-0.2, 0) is 0 Å². The molecule has 1 aromatic heterocycles. The Bertz CT molecular complexity index is 656. The van der Waals surface area contributed by atoms with Crippen LogP contribution < -0.4 is 5.32 Å². The number of aromatic nitrogens is 3. The van der Waals surface area contributed by atoms with E-state index in [0.29, 0.717) is 17.3 Å². The van der Waals surface area contributed by atoms with Crippen molar-refractivity contribution in [3.8, 4) is 0 Å². The van der Waals surface area contributed by atoms with Gasteiger partial charge >= 0.3 is 0 Å². The first-order valence-electron chi connectivity index (χ1n) is 7.39. The summed E-state index contributed by atoms with van der Waals surface area (Å²) in [5, 5.41) is 11.6. The zero-order chi connectivity index (χ0) is 14.8. The Morgan fingerprint density at radius 2 is 2.05 bits per heavy atom. The van der Waals surface area contributed by atoms with Gasteiger partial charge in [-0.1, -0.05) is 29.0 Å². The molecule has 0 saturated carbocycles. The predicted molar refractivity (Wildman–Crippen MR) is 80.5 cm³/mol. The number of hydrogen-bond donors (Lipinski definition) is 1. The Kier molecular flexibility index (Phi) is 3.84. The van der Waals surface area contributed by atoms with Gasteiger partial charge in [0.15, 0.2) is 5.69 Å². The third-order valence-electron chi connectivity index (χ3n) is 4.05. The van der Waals surface area contributed by atoms with Crippen LogP contribution in [0.2, 0.25) is 0 Å². The molecular weight excluding hydrogens is 264 g/mol. The summed E-state index contributed by atoms with van der Waals surface area (Å²) in [4.78, 5) is 12.5. The predicted octanol–water partition coefficient (Wildman–Crippen LogP) is 2.05. The molecule has 0 amide bonds. The summed E-state index contributed by atoms with van der Waals surface area (Å²) in [6, 6.07) is 6.19. The Morgan fingerprint density at radius 3 is 2.76 bits per heavy atom. The molecule has 5 heteroatoms. The Morgan fingerprint density at radius 1 is 1.29 bits per heavy atom. The van der Waals surface area contributed by atoms with E-state index in [1.54, 1.807) is 6.20 Å². The van der Waals surface area contributed by atoms with Crippen LogP contribution in [0.1, 0.15) is 46.1 Å². The van der Waals surface area contributed by atoms with Crippen LogP contribution in [0.15, 0.2) is 24.4 Å². The summed E-state index contributed by atoms with van der Waals surface area (Å²) in [5.74, 6) is -0.0484. The maximum atomic E-state index is 12.5. The van der Waals surface area contributed by atoms with Gasteiger partial charge in [-0.3, -0.25) is 4.79 Å². The number of ketones is 1. The third kappa shape index (κ3) is 2.88. The fourth-order valence-electron chi connectivity index (χ4n) is 2.84. The molecule has 21 heavy (non-hydrogen) atoms. The summed E-state index contributed by atoms with van der Waals surface area (Å²) in [6.45, 7) is 5.96. The van der Waals surface area contributed by atoms with E-state index in [4.69, 9.17) is 0 Å². The average molecular weight is 284 g/mol. The number of hydrogen-bond acceptors (Lipinski definition) is 4. The SMILES string of the molecule is Cc1ccc(C(=O)c2cn(C3CCNCC3)nn2)c(C)c1. The van der Waals surface area contributed by atoms with Crippen LogP contribution in [0.25, 0.3) is 0 Å². The molecule has 0 bridgehead atoms. The third-order valence-corrected chi connectivity index (χ3v) is 4.05. The number of benzene rings is 1. The number of aryl methyl sites for hydroxylation is 2. The van der Waals surface area contributed by atoms with E-state index in [1.165, 1.54) is 0 Å². The lowest BCUT2D eigenvalue weighted by molar-refractivity contribution is 0.103. The van der Waals surface area contributed by atoms with Crippen molar-refractivity contribution in [2.75, 3.05) is 13.1 Å². The Labute approximate surface area is 124 Å². The summed E-state index contributed by atoms with van der Waals surface area (Å²) in [7, 11) is 0. The van der Waals surface area contributed by atoms with Gasteiger partial charge in [0.1, 0.15) is 0 Å². The van der Waals surface area contributed by atoms with Crippen LogP contribution in [0.4, 0.5) is 0 Å². The van der Waals surface area contributed by atoms with E-state index in [1.807, 2.05) is 36.7 Å². The van der Waals surface area contributed by atoms with Crippen LogP contribution in [0.5, 0.6) is 0 Å². The largest absolute Gasteiger partial charge is 0.317 e. The standard InChI is InChI=1S/C16H20N4O/c1-11-3-4-14(12(2)9-11)16(21)15-10-20(19-18-15)13-5-7-17-8-6-13/h3-4,9-10,13,17H,5-8H2,1-2H3. The molecule has 1 fully saturated rings. The molecule has 0 unspecified atom stereocenters. The Balaban J connectivity index is 1.83. The van der Waals surface area contributed by atoms with Crippen LogP contribution in [-0.4, -0.2) is 33.9 Å². The minimum atomic E-state index is -0.0484. The number of carbonyl (C=O) groups excluding carboxylic acids is 1. The van der Waals surface area contributed by atoms with Gasteiger partial charge in [-0.15, -0.1) is 5.10 Å². The van der Waals surface area contributed by atoms with Crippen molar-refractivity contribution in [1.82, 2.24) is 20.3 Å². The molecule has 1 aromatic carbocycles. The van der Waals surface area contributed by atoms with Gasteiger partial charge in [-0.05, 0) is 45.3 Å². The smallest absolute Gasteiger partial charge is 0.215 e. The monoisotopic (exact) mass is 284 g/mol. The van der Waals surface area contributed by atoms with Gasteiger partial charge in [-0.25, -0.2) is 4.68 Å². The summed E-state index contributed by atoms with van der Waals surface area (Å²) < 4.78 is 1.84. The first kappa shape index (κ1) is 13.9. The average Bonchev–Trinajstić information content (AvgIpc) is 2.97. The molecule has 5 nitrogen and oxygen atoms in total. The van der Waals surface area contributed by atoms with Crippen molar-refractivity contribution in [3.63, 3.8) is 0 Å². The van der Waals surface area contributed by atoms with Crippen molar-refractivity contribution in [3.05, 3.63) is 46.8 Å². The van der Waals surface area contributed by atoms with E-state index in [-0.39, 0.29) is 5.78 Å². The number of carbonyl (C=O) groups is 1. The van der Waals surface area contributed by atoms with Crippen LogP contribution in [0, 0.1) is 13.8 Å². The highest BCUT2D eigenvalue weighted by Gasteiger charge is 2.20. The molecule has 1 saturated heterocycles. The zero-order valence-electron chi connectivity index (χ0n) is 12.5. The first-order chi connectivity index (χ1) is 10.1. The molecule has 110 valence electrons. The molecule has 0 atom stereocenters. The summed E-state index contributed by atoms with van der Waals surface area (Å²) >= 11 is 0. The molecule has 0 aliphatic carbocycles. The van der Waals surface area contributed by atoms with Gasteiger partial charge in [-0.2, -0.15) is 0 Å². The minimum absolute atomic E-state index is 0.0484. The number of nitrogens with zero attached hydrogens (tertiary/aromatic N) is 3. The normalized spacial score (nSPS) is 16.1. The van der Waals surface area contributed by atoms with Gasteiger partial charge in [0.2, 0.25) is 5.78 Å². The second-order valence-electron chi connectivity index (χ2n) is 5.71. The van der Waals surface area contributed by atoms with E-state index >= 15 is 0 Å². The molecule has 0 radical (unpaired) electrons. The molecule has 0 spiro atoms. The van der Waals surface area contributed by atoms with Crippen molar-refractivity contribution in [2.24, 2.45) is 0 Å². The van der Waals surface area contributed by atoms with Gasteiger partial charge in [0.25, 0.3) is 0 Å². The van der Waals surface area contributed by atoms with Crippen molar-refractivity contribution in [2.45, 2.75) is 32.7 Å². The second kappa shape index (κ2) is 5.77. The van der Waals surface area contributed by atoms with Crippen molar-refractivity contribution in [1.29, 1.82) is 0 Å². The van der Waals surface area contributed by atoms with Crippen LogP contribution in [0.3, 0.4) is 0 Å². The Hall–Kier alpha value is -2.01. The quantitative estimate of drug-likeness (QED) is 0.876. The maximum Gasteiger partial charge on any atom is 0.215 e. The lowest BCUT2D eigenvalue weighted by atomic mass is 10.0. The molecular formula is C16H20N4O. The number of rotatable bonds is 3. The molecule has 1 aliphatic heterocycles. The molecule has 1 N–H and O–H groups in total. The zero-order valence-corrected chi connectivity index (χ0v) is 12.5. The number of piperidine rings is 1.